The number of rotatable bonds is 7. The van der Waals surface area contributed by atoms with Crippen LogP contribution in [0.2, 0.25) is 0 Å². The number of nitriles is 1. The van der Waals surface area contributed by atoms with Gasteiger partial charge in [0.1, 0.15) is 5.84 Å². The summed E-state index contributed by atoms with van der Waals surface area (Å²) >= 11 is 0. The molecule has 0 bridgehead atoms. The lowest BCUT2D eigenvalue weighted by Crippen LogP contribution is -2.52. The molecule has 3 aromatic rings. The molecule has 1 fully saturated rings. The number of nitrogens with zero attached hydrogens (tertiary/aromatic N) is 5. The fourth-order valence-electron chi connectivity index (χ4n) is 5.05. The number of hydrazone groups is 1. The third-order valence-corrected chi connectivity index (χ3v) is 6.98. The van der Waals surface area contributed by atoms with Crippen LogP contribution in [0.1, 0.15) is 41.7 Å². The van der Waals surface area contributed by atoms with Crippen molar-refractivity contribution in [3.8, 4) is 6.07 Å². The third kappa shape index (κ3) is 4.60. The summed E-state index contributed by atoms with van der Waals surface area (Å²) in [6, 6.07) is 21.2. The fraction of sp³-hybridized carbons (Fsp3) is 0.310. The van der Waals surface area contributed by atoms with E-state index >= 15 is 0 Å². The standard InChI is InChI=1S/C29H31N7/c1-18(2)11-19-7-8-20(12-22(19)13-30)27-14-33-29(34-27)26-10-9-21(24-5-3-4-6-25(24)26)15-36-16-23(17-36)28(31)35-32/h3-10,12,18,23H,11,14-17,32H2,1-2H3,(H2,31,35). The normalized spacial score (nSPS) is 16.7. The van der Waals surface area contributed by atoms with E-state index < -0.39 is 0 Å². The first-order chi connectivity index (χ1) is 17.5. The number of likely N-dealkylation sites (tertiary alicyclic amines) is 1. The second-order valence-electron chi connectivity index (χ2n) is 10.0. The minimum atomic E-state index is 0.238. The molecule has 0 aromatic heterocycles. The van der Waals surface area contributed by atoms with Crippen LogP contribution in [-0.4, -0.2) is 41.9 Å². The number of benzene rings is 3. The Labute approximate surface area is 211 Å². The van der Waals surface area contributed by atoms with Crippen molar-refractivity contribution in [2.75, 3.05) is 19.6 Å². The monoisotopic (exact) mass is 477 g/mol. The van der Waals surface area contributed by atoms with Crippen molar-refractivity contribution in [1.29, 1.82) is 5.26 Å². The van der Waals surface area contributed by atoms with Crippen molar-refractivity contribution in [2.24, 2.45) is 38.5 Å². The Morgan fingerprint density at radius 2 is 1.86 bits per heavy atom. The van der Waals surface area contributed by atoms with Gasteiger partial charge in [0.25, 0.3) is 0 Å². The molecule has 0 radical (unpaired) electrons. The van der Waals surface area contributed by atoms with Gasteiger partial charge in [0, 0.05) is 31.1 Å². The van der Waals surface area contributed by atoms with Crippen LogP contribution in [0.4, 0.5) is 0 Å². The molecular formula is C29H31N7. The highest BCUT2D eigenvalue weighted by molar-refractivity contribution is 6.21. The second kappa shape index (κ2) is 9.92. The van der Waals surface area contributed by atoms with Gasteiger partial charge in [0.15, 0.2) is 5.84 Å². The van der Waals surface area contributed by atoms with Gasteiger partial charge in [0.05, 0.1) is 23.9 Å². The SMILES string of the molecule is CC(C)Cc1ccc(C2=NC(c3ccc(CN4CC(C(N)=NN)C4)c4ccccc34)=NC2)cc1C#N. The molecule has 0 amide bonds. The van der Waals surface area contributed by atoms with E-state index in [1.54, 1.807) is 0 Å². The topological polar surface area (TPSA) is 116 Å². The molecule has 0 aliphatic carbocycles. The molecule has 7 heteroatoms. The van der Waals surface area contributed by atoms with Crippen LogP contribution in [0.5, 0.6) is 0 Å². The lowest BCUT2D eigenvalue weighted by Gasteiger charge is -2.38. The summed E-state index contributed by atoms with van der Waals surface area (Å²) in [4.78, 5) is 12.0. The average Bonchev–Trinajstić information content (AvgIpc) is 3.35. The van der Waals surface area contributed by atoms with Crippen LogP contribution in [0.3, 0.4) is 0 Å². The summed E-state index contributed by atoms with van der Waals surface area (Å²) in [5, 5.41) is 15.7. The maximum absolute atomic E-state index is 9.67. The number of hydrogen-bond acceptors (Lipinski definition) is 6. The highest BCUT2D eigenvalue weighted by Gasteiger charge is 2.30. The number of amidine groups is 2. The highest BCUT2D eigenvalue weighted by Crippen LogP contribution is 2.28. The molecule has 0 spiro atoms. The van der Waals surface area contributed by atoms with Gasteiger partial charge in [-0.1, -0.05) is 62.4 Å². The summed E-state index contributed by atoms with van der Waals surface area (Å²) in [7, 11) is 0. The third-order valence-electron chi connectivity index (χ3n) is 6.98. The first kappa shape index (κ1) is 23.7. The van der Waals surface area contributed by atoms with Crippen molar-refractivity contribution in [1.82, 2.24) is 4.90 Å². The lowest BCUT2D eigenvalue weighted by molar-refractivity contribution is 0.133. The van der Waals surface area contributed by atoms with Gasteiger partial charge in [0.2, 0.25) is 0 Å². The van der Waals surface area contributed by atoms with Crippen molar-refractivity contribution < 1.29 is 0 Å². The molecule has 2 aliphatic rings. The quantitative estimate of drug-likeness (QED) is 0.233. The molecule has 36 heavy (non-hydrogen) atoms. The van der Waals surface area contributed by atoms with E-state index in [-0.39, 0.29) is 5.92 Å². The average molecular weight is 478 g/mol. The van der Waals surface area contributed by atoms with Crippen LogP contribution in [0, 0.1) is 23.2 Å². The summed E-state index contributed by atoms with van der Waals surface area (Å²) in [5.41, 5.74) is 11.8. The minimum absolute atomic E-state index is 0.238. The van der Waals surface area contributed by atoms with E-state index in [1.807, 2.05) is 6.07 Å². The summed E-state index contributed by atoms with van der Waals surface area (Å²) in [5.74, 6) is 7.33. The van der Waals surface area contributed by atoms with E-state index in [9.17, 15) is 5.26 Å². The van der Waals surface area contributed by atoms with Gasteiger partial charge in [-0.05, 0) is 45.9 Å². The molecule has 0 atom stereocenters. The predicted molar refractivity (Wildman–Crippen MR) is 146 cm³/mol. The minimum Gasteiger partial charge on any atom is -0.385 e. The summed E-state index contributed by atoms with van der Waals surface area (Å²) < 4.78 is 0. The maximum Gasteiger partial charge on any atom is 0.155 e. The van der Waals surface area contributed by atoms with Crippen LogP contribution in [-0.2, 0) is 13.0 Å². The van der Waals surface area contributed by atoms with Gasteiger partial charge in [-0.3, -0.25) is 9.89 Å². The van der Waals surface area contributed by atoms with E-state index in [0.717, 1.165) is 65.2 Å². The molecule has 3 aromatic carbocycles. The van der Waals surface area contributed by atoms with Crippen LogP contribution in [0.25, 0.3) is 10.8 Å². The van der Waals surface area contributed by atoms with Gasteiger partial charge >= 0.3 is 0 Å². The number of nitrogens with two attached hydrogens (primary N) is 2. The van der Waals surface area contributed by atoms with E-state index in [2.05, 4.69) is 78.4 Å². The second-order valence-corrected chi connectivity index (χ2v) is 10.0. The first-order valence-electron chi connectivity index (χ1n) is 12.4. The summed E-state index contributed by atoms with van der Waals surface area (Å²) in [6.45, 7) is 7.42. The summed E-state index contributed by atoms with van der Waals surface area (Å²) in [6.07, 6.45) is 0.891. The van der Waals surface area contributed by atoms with Crippen molar-refractivity contribution in [3.63, 3.8) is 0 Å². The van der Waals surface area contributed by atoms with E-state index in [1.165, 1.54) is 10.9 Å². The number of hydrogen-bond donors (Lipinski definition) is 2. The van der Waals surface area contributed by atoms with Gasteiger partial charge in [-0.25, -0.2) is 4.99 Å². The molecule has 182 valence electrons. The molecule has 2 heterocycles. The lowest BCUT2D eigenvalue weighted by atomic mass is 9.95. The molecule has 1 saturated heterocycles. The highest BCUT2D eigenvalue weighted by atomic mass is 15.2. The number of aliphatic imine (C=N–C) groups is 2. The maximum atomic E-state index is 9.67. The van der Waals surface area contributed by atoms with Crippen LogP contribution >= 0.6 is 0 Å². The van der Waals surface area contributed by atoms with Crippen LogP contribution in [0.15, 0.2) is 69.7 Å². The molecule has 7 nitrogen and oxygen atoms in total. The first-order valence-corrected chi connectivity index (χ1v) is 12.4. The molecule has 0 unspecified atom stereocenters. The fourth-order valence-corrected chi connectivity index (χ4v) is 5.05. The Morgan fingerprint density at radius 1 is 1.11 bits per heavy atom. The smallest absolute Gasteiger partial charge is 0.155 e. The Balaban J connectivity index is 1.40. The Morgan fingerprint density at radius 3 is 2.58 bits per heavy atom. The molecule has 5 rings (SSSR count). The largest absolute Gasteiger partial charge is 0.385 e. The number of fused-ring (bicyclic) bond motifs is 1. The van der Waals surface area contributed by atoms with Crippen molar-refractivity contribution in [3.05, 3.63) is 82.4 Å². The molecular weight excluding hydrogens is 446 g/mol. The Bertz CT molecular complexity index is 1440. The van der Waals surface area contributed by atoms with E-state index in [0.29, 0.717) is 18.3 Å². The van der Waals surface area contributed by atoms with Gasteiger partial charge < -0.3 is 11.6 Å². The van der Waals surface area contributed by atoms with Crippen molar-refractivity contribution >= 4 is 28.2 Å². The van der Waals surface area contributed by atoms with Gasteiger partial charge in [-0.2, -0.15) is 10.4 Å². The zero-order valence-corrected chi connectivity index (χ0v) is 20.8. The molecule has 0 saturated carbocycles. The predicted octanol–water partition coefficient (Wildman–Crippen LogP) is 3.82. The Hall–Kier alpha value is -4.02. The molecule has 2 aliphatic heterocycles. The van der Waals surface area contributed by atoms with Crippen LogP contribution < -0.4 is 11.6 Å². The van der Waals surface area contributed by atoms with Gasteiger partial charge in [-0.15, -0.1) is 0 Å². The molecule has 4 N–H and O–H groups in total. The van der Waals surface area contributed by atoms with Crippen molar-refractivity contribution in [2.45, 2.75) is 26.8 Å². The Kier molecular flexibility index (Phi) is 6.53. The zero-order valence-electron chi connectivity index (χ0n) is 20.8. The zero-order chi connectivity index (χ0) is 25.2. The van der Waals surface area contributed by atoms with E-state index in [4.69, 9.17) is 21.6 Å².